The van der Waals surface area contributed by atoms with Gasteiger partial charge in [-0.3, -0.25) is 0 Å². The fraction of sp³-hybridized carbons (Fsp3) is 0.0526. The van der Waals surface area contributed by atoms with Crippen LogP contribution in [-0.4, -0.2) is 4.57 Å². The molecule has 0 saturated heterocycles. The predicted molar refractivity (Wildman–Crippen MR) is 249 cm³/mol. The summed E-state index contributed by atoms with van der Waals surface area (Å²) in [7, 11) is 0. The molecule has 0 fully saturated rings. The number of aromatic nitrogens is 1. The summed E-state index contributed by atoms with van der Waals surface area (Å²) >= 11 is 0. The maximum atomic E-state index is 9.84. The largest absolute Gasteiger partial charge is 0.310 e. The zero-order valence-corrected chi connectivity index (χ0v) is 32.9. The van der Waals surface area contributed by atoms with E-state index in [1.54, 1.807) is 0 Å². The van der Waals surface area contributed by atoms with Crippen molar-refractivity contribution in [1.82, 2.24) is 4.57 Å². The van der Waals surface area contributed by atoms with Crippen molar-refractivity contribution >= 4 is 38.9 Å². The van der Waals surface area contributed by atoms with Crippen LogP contribution in [0.1, 0.15) is 30.5 Å². The topological polar surface area (TPSA) is 8.17 Å². The molecule has 0 atom stereocenters. The average molecular weight is 759 g/mol. The van der Waals surface area contributed by atoms with Crippen molar-refractivity contribution in [3.8, 4) is 50.2 Å². The maximum Gasteiger partial charge on any atom is 0.0645 e. The van der Waals surface area contributed by atoms with Crippen molar-refractivity contribution in [2.75, 3.05) is 4.90 Å². The Morgan fingerprint density at radius 1 is 0.407 bits per heavy atom. The van der Waals surface area contributed by atoms with Crippen LogP contribution in [0.15, 0.2) is 218 Å². The van der Waals surface area contributed by atoms with E-state index in [1.165, 1.54) is 11.1 Å². The molecule has 0 spiro atoms. The number of nitrogens with zero attached hydrogens (tertiary/aromatic N) is 2. The molecule has 0 radical (unpaired) electrons. The van der Waals surface area contributed by atoms with E-state index < -0.39 is 0 Å². The van der Waals surface area contributed by atoms with E-state index in [2.05, 4.69) is 146 Å². The smallest absolute Gasteiger partial charge is 0.0645 e. The molecule has 1 heterocycles. The van der Waals surface area contributed by atoms with Gasteiger partial charge in [-0.15, -0.1) is 0 Å². The van der Waals surface area contributed by atoms with Crippen LogP contribution in [0.2, 0.25) is 0 Å². The van der Waals surface area contributed by atoms with E-state index in [1.807, 2.05) is 71.6 Å². The van der Waals surface area contributed by atoms with Gasteiger partial charge >= 0.3 is 0 Å². The first-order valence-corrected chi connectivity index (χ1v) is 20.2. The summed E-state index contributed by atoms with van der Waals surface area (Å²) in [6.45, 7) is 4.48. The minimum absolute atomic E-state index is 0.0976. The number of rotatable bonds is 7. The van der Waals surface area contributed by atoms with Crippen LogP contribution < -0.4 is 4.90 Å². The van der Waals surface area contributed by atoms with E-state index >= 15 is 0 Å². The van der Waals surface area contributed by atoms with Gasteiger partial charge in [-0.1, -0.05) is 178 Å². The first-order valence-electron chi connectivity index (χ1n) is 22.2. The molecule has 10 aromatic rings. The second kappa shape index (κ2) is 13.9. The maximum absolute atomic E-state index is 9.84. The van der Waals surface area contributed by atoms with Gasteiger partial charge in [-0.05, 0) is 99.1 Å². The quantitative estimate of drug-likeness (QED) is 0.157. The molecule has 59 heavy (non-hydrogen) atoms. The number of hydrogen-bond acceptors (Lipinski definition) is 1. The fourth-order valence-electron chi connectivity index (χ4n) is 9.23. The monoisotopic (exact) mass is 758 g/mol. The number of hydrogen-bond donors (Lipinski definition) is 0. The van der Waals surface area contributed by atoms with Gasteiger partial charge in [0.2, 0.25) is 0 Å². The van der Waals surface area contributed by atoms with Gasteiger partial charge in [-0.2, -0.15) is 0 Å². The molecule has 0 aliphatic heterocycles. The van der Waals surface area contributed by atoms with E-state index in [0.29, 0.717) is 5.56 Å². The van der Waals surface area contributed by atoms with Gasteiger partial charge in [0, 0.05) is 38.7 Å². The Balaban J connectivity index is 1.11. The minimum Gasteiger partial charge on any atom is -0.310 e. The van der Waals surface area contributed by atoms with Gasteiger partial charge < -0.3 is 9.47 Å². The zero-order valence-electron chi connectivity index (χ0n) is 36.9. The Kier molecular flexibility index (Phi) is 7.23. The van der Waals surface area contributed by atoms with Crippen LogP contribution in [0.4, 0.5) is 17.1 Å². The Bertz CT molecular complexity index is 3400. The van der Waals surface area contributed by atoms with Crippen LogP contribution in [0.3, 0.4) is 0 Å². The van der Waals surface area contributed by atoms with Crippen molar-refractivity contribution in [3.05, 3.63) is 229 Å². The minimum atomic E-state index is -0.295. The van der Waals surface area contributed by atoms with E-state index in [0.717, 1.165) is 72.2 Å². The second-order valence-corrected chi connectivity index (χ2v) is 15.8. The molecule has 0 amide bonds. The lowest BCUT2D eigenvalue weighted by Crippen LogP contribution is -2.16. The van der Waals surface area contributed by atoms with E-state index in [9.17, 15) is 5.48 Å². The molecule has 11 rings (SSSR count). The Hall–Kier alpha value is -7.42. The molecule has 1 aliphatic rings. The lowest BCUT2D eigenvalue weighted by molar-refractivity contribution is 0.660. The molecule has 9 aromatic carbocycles. The fourth-order valence-corrected chi connectivity index (χ4v) is 9.23. The SMILES string of the molecule is [2H]c1c([2H])c(N(c2ccc3c(c2)C(C)(C)c2ccccc2-3)c2ccccc2-c2ccccc2)c([2H])c([2H])c1-c1ccc2c(c1)c1ccccc1n2-c1ccccc1-c1ccccc1. The van der Waals surface area contributed by atoms with Gasteiger partial charge in [0.1, 0.15) is 0 Å². The predicted octanol–water partition coefficient (Wildman–Crippen LogP) is 15.6. The van der Waals surface area contributed by atoms with Crippen LogP contribution in [0.25, 0.3) is 72.0 Å². The molecule has 2 heteroatoms. The van der Waals surface area contributed by atoms with E-state index in [4.69, 9.17) is 0 Å². The highest BCUT2D eigenvalue weighted by Gasteiger charge is 2.36. The van der Waals surface area contributed by atoms with Crippen molar-refractivity contribution in [2.24, 2.45) is 0 Å². The van der Waals surface area contributed by atoms with Crippen LogP contribution >= 0.6 is 0 Å². The lowest BCUT2D eigenvalue weighted by Gasteiger charge is -2.30. The normalized spacial score (nSPS) is 13.7. The van der Waals surface area contributed by atoms with Crippen molar-refractivity contribution in [2.45, 2.75) is 19.3 Å². The second-order valence-electron chi connectivity index (χ2n) is 15.8. The molecule has 1 aromatic heterocycles. The molecule has 2 nitrogen and oxygen atoms in total. The summed E-state index contributed by atoms with van der Waals surface area (Å²) in [6, 6.07) is 65.8. The summed E-state index contributed by atoms with van der Waals surface area (Å²) in [5.74, 6) is 0. The Labute approximate surface area is 351 Å². The standard InChI is InChI=1S/C57H42N2/c1-57(2)51-25-13-9-23-47(51)48-35-34-44(38-52(48)57)58(53-26-14-10-21-45(53)40-17-5-3-6-18-40)43-32-29-39(30-33-43)42-31-36-56-50(37-42)49-24-12-16-28-55(49)59(56)54-27-15-11-22-46(54)41-19-7-4-8-20-41/h3-38H,1-2H3/i29D,30D,32D,33D. The molecular formula is C57H42N2. The number of benzene rings is 9. The first-order chi connectivity index (χ1) is 30.7. The molecular weight excluding hydrogens is 713 g/mol. The van der Waals surface area contributed by atoms with E-state index in [-0.39, 0.29) is 40.8 Å². The van der Waals surface area contributed by atoms with Gasteiger partial charge in [0.25, 0.3) is 0 Å². The van der Waals surface area contributed by atoms with Gasteiger partial charge in [0.15, 0.2) is 0 Å². The summed E-state index contributed by atoms with van der Waals surface area (Å²) in [4.78, 5) is 1.94. The van der Waals surface area contributed by atoms with Gasteiger partial charge in [-0.25, -0.2) is 0 Å². The average Bonchev–Trinajstić information content (AvgIpc) is 3.78. The summed E-state index contributed by atoms with van der Waals surface area (Å²) in [5, 5.41) is 2.00. The van der Waals surface area contributed by atoms with Crippen LogP contribution in [0, 0.1) is 0 Å². The Morgan fingerprint density at radius 2 is 1.00 bits per heavy atom. The molecule has 0 N–H and O–H groups in total. The van der Waals surface area contributed by atoms with Crippen LogP contribution in [-0.2, 0) is 5.41 Å². The van der Waals surface area contributed by atoms with Crippen LogP contribution in [0.5, 0.6) is 0 Å². The third kappa shape index (κ3) is 5.71. The molecule has 0 saturated carbocycles. The van der Waals surface area contributed by atoms with Gasteiger partial charge in [0.05, 0.1) is 27.9 Å². The van der Waals surface area contributed by atoms with Crippen molar-refractivity contribution in [1.29, 1.82) is 0 Å². The third-order valence-corrected chi connectivity index (χ3v) is 12.1. The highest BCUT2D eigenvalue weighted by molar-refractivity contribution is 6.11. The third-order valence-electron chi connectivity index (χ3n) is 12.1. The zero-order chi connectivity index (χ0) is 43.0. The highest BCUT2D eigenvalue weighted by atomic mass is 15.1. The van der Waals surface area contributed by atoms with Crippen molar-refractivity contribution < 1.29 is 5.48 Å². The number of fused-ring (bicyclic) bond motifs is 6. The highest BCUT2D eigenvalue weighted by Crippen LogP contribution is 2.51. The summed E-state index contributed by atoms with van der Waals surface area (Å²) in [5.41, 5.74) is 14.3. The lowest BCUT2D eigenvalue weighted by atomic mass is 9.82. The summed E-state index contributed by atoms with van der Waals surface area (Å²) < 4.78 is 41.4. The molecule has 0 bridgehead atoms. The number of anilines is 3. The number of para-hydroxylation sites is 3. The Morgan fingerprint density at radius 3 is 1.78 bits per heavy atom. The molecule has 0 unspecified atom stereocenters. The molecule has 1 aliphatic carbocycles. The van der Waals surface area contributed by atoms with Crippen molar-refractivity contribution in [3.63, 3.8) is 0 Å². The summed E-state index contributed by atoms with van der Waals surface area (Å²) in [6.07, 6.45) is 0. The molecule has 280 valence electrons. The first kappa shape index (κ1) is 30.7.